The minimum Gasteiger partial charge on any atom is -0.482 e. The predicted molar refractivity (Wildman–Crippen MR) is 110 cm³/mol. The molecule has 0 saturated heterocycles. The van der Waals surface area contributed by atoms with Crippen LogP contribution in [0.3, 0.4) is 0 Å². The zero-order valence-corrected chi connectivity index (χ0v) is 17.6. The third-order valence-corrected chi connectivity index (χ3v) is 5.65. The fourth-order valence-corrected chi connectivity index (χ4v) is 4.20. The van der Waals surface area contributed by atoms with Crippen molar-refractivity contribution in [1.29, 1.82) is 0 Å². The van der Waals surface area contributed by atoms with E-state index in [0.717, 1.165) is 12.8 Å². The number of carboxylic acid groups (broad SMARTS) is 1. The summed E-state index contributed by atoms with van der Waals surface area (Å²) in [6.45, 7) is 2.21. The summed E-state index contributed by atoms with van der Waals surface area (Å²) in [6.07, 6.45) is -2.05. The summed E-state index contributed by atoms with van der Waals surface area (Å²) in [4.78, 5) is 12.1. The molecular weight excluding hydrogens is 417 g/mol. The molecule has 3 nitrogen and oxygen atoms in total. The van der Waals surface area contributed by atoms with Gasteiger partial charge in [-0.25, -0.2) is 0 Å². The van der Waals surface area contributed by atoms with Crippen molar-refractivity contribution in [2.24, 2.45) is 5.92 Å². The van der Waals surface area contributed by atoms with E-state index in [1.165, 1.54) is 0 Å². The Bertz CT molecular complexity index is 906. The Morgan fingerprint density at radius 2 is 1.87 bits per heavy atom. The van der Waals surface area contributed by atoms with Gasteiger partial charge in [-0.1, -0.05) is 68.6 Å². The highest BCUT2D eigenvalue weighted by Crippen LogP contribution is 2.48. The minimum absolute atomic E-state index is 0.0488. The maximum atomic E-state index is 12.9. The first-order valence-electron chi connectivity index (χ1n) is 9.92. The number of aliphatic carboxylic acids is 1. The van der Waals surface area contributed by atoms with Gasteiger partial charge in [0.25, 0.3) is 0 Å². The first-order chi connectivity index (χ1) is 14.1. The standard InChI is InChI=1S/C23H24ClF3O3/c1-13(2)19-17(18(22(28)29)10-14-8-9-14)11-16(15-6-4-3-5-7-15)21(20(19)24)30-12-23(25,26)27/h3-7,11,13-14,18H,8-10,12H2,1-2H3,(H,28,29). The van der Waals surface area contributed by atoms with E-state index in [2.05, 4.69) is 0 Å². The van der Waals surface area contributed by atoms with E-state index in [9.17, 15) is 23.1 Å². The van der Waals surface area contributed by atoms with E-state index in [0.29, 0.717) is 34.6 Å². The van der Waals surface area contributed by atoms with Gasteiger partial charge in [0.1, 0.15) is 5.75 Å². The van der Waals surface area contributed by atoms with Crippen molar-refractivity contribution < 1.29 is 27.8 Å². The van der Waals surface area contributed by atoms with E-state index in [1.807, 2.05) is 13.8 Å². The van der Waals surface area contributed by atoms with Gasteiger partial charge in [-0.2, -0.15) is 13.2 Å². The van der Waals surface area contributed by atoms with Crippen molar-refractivity contribution in [3.05, 3.63) is 52.5 Å². The summed E-state index contributed by atoms with van der Waals surface area (Å²) in [6, 6.07) is 10.4. The third-order valence-electron chi connectivity index (χ3n) is 5.27. The molecule has 1 unspecified atom stereocenters. The Labute approximate surface area is 178 Å². The van der Waals surface area contributed by atoms with E-state index in [-0.39, 0.29) is 16.7 Å². The van der Waals surface area contributed by atoms with Gasteiger partial charge in [0.05, 0.1) is 10.9 Å². The van der Waals surface area contributed by atoms with Gasteiger partial charge >= 0.3 is 12.1 Å². The zero-order valence-electron chi connectivity index (χ0n) is 16.8. The normalized spacial score (nSPS) is 15.3. The van der Waals surface area contributed by atoms with Gasteiger partial charge < -0.3 is 9.84 Å². The lowest BCUT2D eigenvalue weighted by atomic mass is 9.83. The molecule has 0 bridgehead atoms. The molecule has 1 fully saturated rings. The fourth-order valence-electron chi connectivity index (χ4n) is 3.72. The zero-order chi connectivity index (χ0) is 22.1. The molecule has 0 aliphatic heterocycles. The molecule has 1 N–H and O–H groups in total. The molecule has 3 rings (SSSR count). The van der Waals surface area contributed by atoms with E-state index < -0.39 is 24.7 Å². The molecule has 1 saturated carbocycles. The Balaban J connectivity index is 2.21. The molecule has 1 atom stereocenters. The number of hydrogen-bond acceptors (Lipinski definition) is 2. The lowest BCUT2D eigenvalue weighted by molar-refractivity contribution is -0.153. The maximum absolute atomic E-state index is 12.9. The molecular formula is C23H24ClF3O3. The van der Waals surface area contributed by atoms with E-state index in [4.69, 9.17) is 16.3 Å². The Morgan fingerprint density at radius 1 is 1.23 bits per heavy atom. The number of benzene rings is 2. The van der Waals surface area contributed by atoms with Gasteiger partial charge in [-0.05, 0) is 41.0 Å². The van der Waals surface area contributed by atoms with Crippen LogP contribution in [0.25, 0.3) is 11.1 Å². The van der Waals surface area contributed by atoms with Crippen LogP contribution in [0.5, 0.6) is 5.75 Å². The topological polar surface area (TPSA) is 46.5 Å². The van der Waals surface area contributed by atoms with Crippen LogP contribution in [0.2, 0.25) is 5.02 Å². The van der Waals surface area contributed by atoms with Crippen LogP contribution in [-0.2, 0) is 4.79 Å². The molecule has 1 aliphatic rings. The maximum Gasteiger partial charge on any atom is 0.422 e. The molecule has 0 spiro atoms. The van der Waals surface area contributed by atoms with Crippen LogP contribution in [0.4, 0.5) is 13.2 Å². The first-order valence-corrected chi connectivity index (χ1v) is 10.3. The molecule has 2 aromatic carbocycles. The second kappa shape index (κ2) is 8.88. The molecule has 1 aliphatic carbocycles. The van der Waals surface area contributed by atoms with Crippen molar-refractivity contribution in [2.45, 2.75) is 51.1 Å². The monoisotopic (exact) mass is 440 g/mol. The highest BCUT2D eigenvalue weighted by Gasteiger charge is 2.35. The number of carbonyl (C=O) groups is 1. The summed E-state index contributed by atoms with van der Waals surface area (Å²) >= 11 is 6.61. The minimum atomic E-state index is -4.52. The summed E-state index contributed by atoms with van der Waals surface area (Å²) in [5.74, 6) is -1.63. The molecule has 162 valence electrons. The van der Waals surface area contributed by atoms with Gasteiger partial charge in [0, 0.05) is 5.56 Å². The van der Waals surface area contributed by atoms with Crippen LogP contribution in [0.15, 0.2) is 36.4 Å². The van der Waals surface area contributed by atoms with Crippen molar-refractivity contribution in [1.82, 2.24) is 0 Å². The van der Waals surface area contributed by atoms with Crippen LogP contribution in [0.1, 0.15) is 56.1 Å². The Hall–Kier alpha value is -2.21. The van der Waals surface area contributed by atoms with Gasteiger partial charge in [-0.15, -0.1) is 0 Å². The van der Waals surface area contributed by atoms with Crippen LogP contribution >= 0.6 is 11.6 Å². The van der Waals surface area contributed by atoms with Crippen molar-refractivity contribution in [2.75, 3.05) is 6.61 Å². The van der Waals surface area contributed by atoms with E-state index in [1.54, 1.807) is 36.4 Å². The lowest BCUT2D eigenvalue weighted by Gasteiger charge is -2.25. The molecule has 0 amide bonds. The van der Waals surface area contributed by atoms with Crippen LogP contribution in [0, 0.1) is 5.92 Å². The van der Waals surface area contributed by atoms with Crippen molar-refractivity contribution >= 4 is 17.6 Å². The second-order valence-electron chi connectivity index (χ2n) is 8.06. The largest absolute Gasteiger partial charge is 0.482 e. The second-order valence-corrected chi connectivity index (χ2v) is 8.44. The number of alkyl halides is 3. The van der Waals surface area contributed by atoms with Gasteiger partial charge in [0.2, 0.25) is 0 Å². The third kappa shape index (κ3) is 5.28. The fraction of sp³-hybridized carbons (Fsp3) is 0.435. The SMILES string of the molecule is CC(C)c1c(C(CC2CC2)C(=O)O)cc(-c2ccccc2)c(OCC(F)(F)F)c1Cl. The molecule has 7 heteroatoms. The van der Waals surface area contributed by atoms with Crippen LogP contribution in [-0.4, -0.2) is 23.9 Å². The summed E-state index contributed by atoms with van der Waals surface area (Å²) in [5.41, 5.74) is 2.06. The average Bonchev–Trinajstić information content (AvgIpc) is 3.48. The average molecular weight is 441 g/mol. The number of ether oxygens (including phenoxy) is 1. The quantitative estimate of drug-likeness (QED) is 0.478. The lowest BCUT2D eigenvalue weighted by Crippen LogP contribution is -2.21. The highest BCUT2D eigenvalue weighted by atomic mass is 35.5. The Morgan fingerprint density at radius 3 is 2.37 bits per heavy atom. The van der Waals surface area contributed by atoms with Crippen molar-refractivity contribution in [3.8, 4) is 16.9 Å². The van der Waals surface area contributed by atoms with E-state index >= 15 is 0 Å². The number of halogens is 4. The first kappa shape index (κ1) is 22.5. The van der Waals surface area contributed by atoms with Crippen molar-refractivity contribution in [3.63, 3.8) is 0 Å². The predicted octanol–water partition coefficient (Wildman–Crippen LogP) is 7.04. The molecule has 0 radical (unpaired) electrons. The van der Waals surface area contributed by atoms with Gasteiger partial charge in [-0.3, -0.25) is 4.79 Å². The molecule has 0 heterocycles. The Kier molecular flexibility index (Phi) is 6.65. The number of carboxylic acids is 1. The molecule has 0 aromatic heterocycles. The van der Waals surface area contributed by atoms with Crippen LogP contribution < -0.4 is 4.74 Å². The number of hydrogen-bond donors (Lipinski definition) is 1. The highest BCUT2D eigenvalue weighted by molar-refractivity contribution is 6.33. The molecule has 30 heavy (non-hydrogen) atoms. The number of rotatable bonds is 8. The summed E-state index contributed by atoms with van der Waals surface area (Å²) in [5, 5.41) is 9.97. The summed E-state index contributed by atoms with van der Waals surface area (Å²) in [7, 11) is 0. The smallest absolute Gasteiger partial charge is 0.422 e. The summed E-state index contributed by atoms with van der Waals surface area (Å²) < 4.78 is 43.8. The molecule has 2 aromatic rings. The van der Waals surface area contributed by atoms with Gasteiger partial charge in [0.15, 0.2) is 6.61 Å².